The van der Waals surface area contributed by atoms with Gasteiger partial charge in [-0.2, -0.15) is 0 Å². The van der Waals surface area contributed by atoms with Gasteiger partial charge in [0.25, 0.3) is 0 Å². The van der Waals surface area contributed by atoms with Gasteiger partial charge in [0, 0.05) is 6.42 Å². The van der Waals surface area contributed by atoms with Crippen molar-refractivity contribution in [2.24, 2.45) is 92.7 Å². The van der Waals surface area contributed by atoms with Crippen molar-refractivity contribution in [2.45, 2.75) is 275 Å². The second kappa shape index (κ2) is 25.4. The standard InChI is InChI=1S/2C27H46O.C9H18O2.ClH/c2*1-18(2)7-6-8-19(3)23-11-12-24-22-10-9-20-17-21(28)13-15-26(20,4)25(22)14-16-27(23,24)5;1-2-3-4-5-6-7-8-9(10)11;/h2*9,18-19,21-25,28H,6-8,10-17H2,1-5H3;2-8H2,1H3,(H,10,11);1H/t2*19-,21+,22+,23-,24+,25+,26+,27-;;/m11../s1. The lowest BCUT2D eigenvalue weighted by Gasteiger charge is -2.58. The normalized spacial score (nSPS) is 39.9. The van der Waals surface area contributed by atoms with Gasteiger partial charge >= 0.3 is 5.97 Å². The predicted octanol–water partition coefficient (Wildman–Crippen LogP) is 18.0. The van der Waals surface area contributed by atoms with Crippen LogP contribution in [0.5, 0.6) is 0 Å². The van der Waals surface area contributed by atoms with E-state index in [2.05, 4.69) is 88.3 Å². The Balaban J connectivity index is 0.000000207. The highest BCUT2D eigenvalue weighted by Crippen LogP contribution is 2.69. The van der Waals surface area contributed by atoms with Crippen LogP contribution in [-0.2, 0) is 4.79 Å². The number of halogens is 1. The molecule has 0 aromatic carbocycles. The van der Waals surface area contributed by atoms with Crippen molar-refractivity contribution in [1.82, 2.24) is 0 Å². The molecule has 68 heavy (non-hydrogen) atoms. The fourth-order valence-electron chi connectivity index (χ4n) is 18.4. The van der Waals surface area contributed by atoms with E-state index in [4.69, 9.17) is 5.11 Å². The lowest BCUT2D eigenvalue weighted by molar-refractivity contribution is -0.137. The first kappa shape index (κ1) is 58.1. The van der Waals surface area contributed by atoms with Gasteiger partial charge in [0.1, 0.15) is 0 Å². The molecule has 0 unspecified atom stereocenters. The van der Waals surface area contributed by atoms with E-state index in [1.54, 1.807) is 11.1 Å². The number of fused-ring (bicyclic) bond motifs is 10. The molecule has 0 aromatic heterocycles. The minimum atomic E-state index is -0.666. The number of hydrogen-bond donors (Lipinski definition) is 3. The van der Waals surface area contributed by atoms with Crippen molar-refractivity contribution < 1.29 is 20.1 Å². The number of rotatable bonds is 17. The molecule has 0 radical (unpaired) electrons. The number of unbranched alkanes of at least 4 members (excludes halogenated alkanes) is 5. The first-order chi connectivity index (χ1) is 31.8. The zero-order valence-corrected chi connectivity index (χ0v) is 47.2. The summed E-state index contributed by atoms with van der Waals surface area (Å²) in [5.74, 6) is 10.2. The smallest absolute Gasteiger partial charge is 0.303 e. The minimum absolute atomic E-state index is 0. The van der Waals surface area contributed by atoms with Gasteiger partial charge < -0.3 is 15.3 Å². The fraction of sp³-hybridized carbons (Fsp3) is 0.921. The van der Waals surface area contributed by atoms with Crippen LogP contribution in [0.1, 0.15) is 262 Å². The van der Waals surface area contributed by atoms with E-state index in [0.717, 1.165) is 110 Å². The molecule has 394 valence electrons. The van der Waals surface area contributed by atoms with Crippen LogP contribution < -0.4 is 0 Å². The van der Waals surface area contributed by atoms with Gasteiger partial charge in [0.05, 0.1) is 12.2 Å². The van der Waals surface area contributed by atoms with Crippen LogP contribution >= 0.6 is 12.4 Å². The zero-order chi connectivity index (χ0) is 48.7. The van der Waals surface area contributed by atoms with Crippen LogP contribution in [-0.4, -0.2) is 33.5 Å². The lowest BCUT2D eigenvalue weighted by Crippen LogP contribution is -2.50. The third kappa shape index (κ3) is 13.1. The topological polar surface area (TPSA) is 77.8 Å². The lowest BCUT2D eigenvalue weighted by atomic mass is 9.47. The minimum Gasteiger partial charge on any atom is -0.481 e. The molecule has 0 spiro atoms. The van der Waals surface area contributed by atoms with Gasteiger partial charge in [-0.05, 0) is 202 Å². The number of hydrogen-bond acceptors (Lipinski definition) is 3. The van der Waals surface area contributed by atoms with E-state index in [1.165, 1.54) is 141 Å². The molecule has 0 amide bonds. The van der Waals surface area contributed by atoms with Crippen LogP contribution in [0.15, 0.2) is 23.3 Å². The summed E-state index contributed by atoms with van der Waals surface area (Å²) in [4.78, 5) is 10.1. The van der Waals surface area contributed by atoms with Crippen molar-refractivity contribution >= 4 is 18.4 Å². The van der Waals surface area contributed by atoms with Crippen molar-refractivity contribution in [3.8, 4) is 0 Å². The first-order valence-electron chi connectivity index (χ1n) is 29.7. The first-order valence-corrected chi connectivity index (χ1v) is 29.7. The Morgan fingerprint density at radius 1 is 0.544 bits per heavy atom. The summed E-state index contributed by atoms with van der Waals surface area (Å²) in [6.07, 6.45) is 41.6. The molecule has 0 saturated heterocycles. The molecule has 6 fully saturated rings. The summed E-state index contributed by atoms with van der Waals surface area (Å²) in [6.45, 7) is 27.3. The Labute approximate surface area is 427 Å². The number of aliphatic carboxylic acids is 1. The maximum absolute atomic E-state index is 10.2. The molecular weight excluding hydrogens is 856 g/mol. The van der Waals surface area contributed by atoms with Crippen LogP contribution in [0.3, 0.4) is 0 Å². The van der Waals surface area contributed by atoms with E-state index >= 15 is 0 Å². The van der Waals surface area contributed by atoms with Crippen molar-refractivity contribution in [3.05, 3.63) is 23.3 Å². The van der Waals surface area contributed by atoms with E-state index in [1.807, 2.05) is 0 Å². The summed E-state index contributed by atoms with van der Waals surface area (Å²) < 4.78 is 0. The molecule has 0 aromatic rings. The number of carbonyl (C=O) groups is 1. The summed E-state index contributed by atoms with van der Waals surface area (Å²) in [7, 11) is 0. The third-order valence-electron chi connectivity index (χ3n) is 22.3. The second-order valence-electron chi connectivity index (χ2n) is 27.3. The Bertz CT molecular complexity index is 1510. The summed E-state index contributed by atoms with van der Waals surface area (Å²) >= 11 is 0. The van der Waals surface area contributed by atoms with E-state index in [9.17, 15) is 15.0 Å². The Morgan fingerprint density at radius 3 is 1.35 bits per heavy atom. The molecule has 6 saturated carbocycles. The Morgan fingerprint density at radius 2 is 0.956 bits per heavy atom. The quantitative estimate of drug-likeness (QED) is 0.100. The average molecular weight is 968 g/mol. The van der Waals surface area contributed by atoms with Crippen molar-refractivity contribution in [1.29, 1.82) is 0 Å². The molecule has 8 aliphatic carbocycles. The number of aliphatic hydroxyl groups excluding tert-OH is 2. The molecule has 0 heterocycles. The molecule has 0 bridgehead atoms. The largest absolute Gasteiger partial charge is 0.481 e. The van der Waals surface area contributed by atoms with E-state index in [0.29, 0.717) is 28.1 Å². The van der Waals surface area contributed by atoms with Crippen LogP contribution in [0, 0.1) is 92.7 Å². The van der Waals surface area contributed by atoms with Crippen LogP contribution in [0.2, 0.25) is 0 Å². The molecule has 8 rings (SSSR count). The number of aliphatic hydroxyl groups is 2. The summed E-state index contributed by atoms with van der Waals surface area (Å²) in [6, 6.07) is 0. The molecule has 0 aliphatic heterocycles. The van der Waals surface area contributed by atoms with E-state index in [-0.39, 0.29) is 24.6 Å². The van der Waals surface area contributed by atoms with Gasteiger partial charge in [0.15, 0.2) is 0 Å². The van der Waals surface area contributed by atoms with Crippen molar-refractivity contribution in [3.63, 3.8) is 0 Å². The Hall–Kier alpha value is -0.840. The van der Waals surface area contributed by atoms with Gasteiger partial charge in [-0.25, -0.2) is 0 Å². The monoisotopic (exact) mass is 967 g/mol. The number of carboxylic acid groups (broad SMARTS) is 1. The maximum atomic E-state index is 10.2. The molecule has 4 nitrogen and oxygen atoms in total. The third-order valence-corrected chi connectivity index (χ3v) is 22.3. The zero-order valence-electron chi connectivity index (χ0n) is 46.4. The second-order valence-corrected chi connectivity index (χ2v) is 27.3. The van der Waals surface area contributed by atoms with Crippen molar-refractivity contribution in [2.75, 3.05) is 0 Å². The molecule has 3 N–H and O–H groups in total. The van der Waals surface area contributed by atoms with E-state index < -0.39 is 5.97 Å². The summed E-state index contributed by atoms with van der Waals surface area (Å²) in [5.41, 5.74) is 5.21. The van der Waals surface area contributed by atoms with Crippen LogP contribution in [0.25, 0.3) is 0 Å². The Kier molecular flexibility index (Phi) is 21.7. The predicted molar refractivity (Wildman–Crippen MR) is 291 cm³/mol. The highest BCUT2D eigenvalue weighted by Gasteiger charge is 2.60. The fourth-order valence-corrected chi connectivity index (χ4v) is 18.4. The summed E-state index contributed by atoms with van der Waals surface area (Å²) in [5, 5.41) is 28.7. The SMILES string of the molecule is CC(C)CCC[C@@H](C)[C@H]1CC[C@H]2[C@@H]3CC=C4C[C@@H](O)CC[C@]4(C)[C@H]3CC[C@]12C.CC(C)CCC[C@@H](C)[C@H]1CC[C@H]2[C@@H]3CC=C4C[C@@H](O)CC[C@]4(C)[C@H]3CC[C@]12C.CCCCCCCCC(=O)O.Cl. The molecule has 16 atom stereocenters. The van der Waals surface area contributed by atoms with Gasteiger partial charge in [0.2, 0.25) is 0 Å². The van der Waals surface area contributed by atoms with Gasteiger partial charge in [-0.1, -0.05) is 170 Å². The molecule has 5 heteroatoms. The highest BCUT2D eigenvalue weighted by molar-refractivity contribution is 5.85. The van der Waals surface area contributed by atoms with Crippen LogP contribution in [0.4, 0.5) is 0 Å². The number of allylic oxidation sites excluding steroid dienone is 2. The maximum Gasteiger partial charge on any atom is 0.303 e. The average Bonchev–Trinajstić information content (AvgIpc) is 3.82. The van der Waals surface area contributed by atoms with Gasteiger partial charge in [-0.15, -0.1) is 12.4 Å². The highest BCUT2D eigenvalue weighted by atomic mass is 35.5. The molecular formula is C63H111ClO4. The molecule has 8 aliphatic rings. The number of carboxylic acids is 1. The van der Waals surface area contributed by atoms with Gasteiger partial charge in [-0.3, -0.25) is 4.79 Å².